The number of carbonyl (C=O) groups excluding carboxylic acids is 1. The highest BCUT2D eigenvalue weighted by molar-refractivity contribution is 6.30. The normalized spacial score (nSPS) is 17.7. The third-order valence-electron chi connectivity index (χ3n) is 4.99. The van der Waals surface area contributed by atoms with Gasteiger partial charge >= 0.3 is 0 Å². The summed E-state index contributed by atoms with van der Waals surface area (Å²) < 4.78 is 11.8. The highest BCUT2D eigenvalue weighted by Crippen LogP contribution is 2.42. The Balaban J connectivity index is 1.70. The van der Waals surface area contributed by atoms with E-state index in [1.165, 1.54) is 0 Å². The third-order valence-corrected chi connectivity index (χ3v) is 5.22. The number of amides is 1. The van der Waals surface area contributed by atoms with E-state index in [9.17, 15) is 4.79 Å². The van der Waals surface area contributed by atoms with Gasteiger partial charge in [0.25, 0.3) is 5.91 Å². The van der Waals surface area contributed by atoms with Gasteiger partial charge in [-0.15, -0.1) is 0 Å². The lowest BCUT2D eigenvalue weighted by Gasteiger charge is -2.41. The standard InChI is InChI=1S/C21H24ClNO3/c1-3-21(4-2)13-18(17-10-5-6-11-19(17)26-21)23-20(24)14-25-16-9-7-8-15(22)12-16/h5-12,18H,3-4,13-14H2,1-2H3,(H,23,24)/t18-/m0/s1. The second kappa shape index (κ2) is 8.00. The molecule has 1 aliphatic heterocycles. The molecule has 0 unspecified atom stereocenters. The van der Waals surface area contributed by atoms with Gasteiger partial charge in [0, 0.05) is 17.0 Å². The van der Waals surface area contributed by atoms with E-state index in [4.69, 9.17) is 21.1 Å². The average Bonchev–Trinajstić information content (AvgIpc) is 2.66. The molecular weight excluding hydrogens is 350 g/mol. The molecule has 0 radical (unpaired) electrons. The molecule has 3 rings (SSSR count). The number of hydrogen-bond acceptors (Lipinski definition) is 3. The van der Waals surface area contributed by atoms with Crippen LogP contribution in [0, 0.1) is 0 Å². The van der Waals surface area contributed by atoms with Crippen LogP contribution in [0.3, 0.4) is 0 Å². The highest BCUT2D eigenvalue weighted by atomic mass is 35.5. The lowest BCUT2D eigenvalue weighted by atomic mass is 9.83. The summed E-state index contributed by atoms with van der Waals surface area (Å²) in [5.74, 6) is 1.27. The first kappa shape index (κ1) is 18.6. The largest absolute Gasteiger partial charge is 0.487 e. The molecule has 0 aliphatic carbocycles. The van der Waals surface area contributed by atoms with Crippen molar-refractivity contribution in [3.05, 3.63) is 59.1 Å². The summed E-state index contributed by atoms with van der Waals surface area (Å²) in [5.41, 5.74) is 0.765. The van der Waals surface area contributed by atoms with Gasteiger partial charge in [0.15, 0.2) is 6.61 Å². The van der Waals surface area contributed by atoms with Crippen molar-refractivity contribution < 1.29 is 14.3 Å². The van der Waals surface area contributed by atoms with Gasteiger partial charge in [0.05, 0.1) is 6.04 Å². The molecule has 0 aromatic heterocycles. The minimum absolute atomic E-state index is 0.0505. The molecule has 0 spiro atoms. The van der Waals surface area contributed by atoms with Crippen LogP contribution in [0.5, 0.6) is 11.5 Å². The van der Waals surface area contributed by atoms with Gasteiger partial charge in [-0.1, -0.05) is 49.7 Å². The predicted octanol–water partition coefficient (Wildman–Crippen LogP) is 4.92. The first-order valence-electron chi connectivity index (χ1n) is 9.01. The number of fused-ring (bicyclic) bond motifs is 1. The fraction of sp³-hybridized carbons (Fsp3) is 0.381. The molecule has 1 atom stereocenters. The lowest BCUT2D eigenvalue weighted by molar-refractivity contribution is -0.124. The first-order valence-corrected chi connectivity index (χ1v) is 9.38. The number of nitrogens with one attached hydrogen (secondary N) is 1. The number of ether oxygens (including phenoxy) is 2. The van der Waals surface area contributed by atoms with Crippen molar-refractivity contribution in [2.24, 2.45) is 0 Å². The molecule has 1 amide bonds. The minimum Gasteiger partial charge on any atom is -0.487 e. The molecule has 26 heavy (non-hydrogen) atoms. The van der Waals surface area contributed by atoms with Crippen molar-refractivity contribution in [2.45, 2.75) is 44.8 Å². The maximum absolute atomic E-state index is 12.5. The molecular formula is C21H24ClNO3. The number of benzene rings is 2. The average molecular weight is 374 g/mol. The quantitative estimate of drug-likeness (QED) is 0.781. The van der Waals surface area contributed by atoms with Crippen LogP contribution >= 0.6 is 11.6 Å². The highest BCUT2D eigenvalue weighted by Gasteiger charge is 2.38. The van der Waals surface area contributed by atoms with Crippen LogP contribution in [-0.2, 0) is 4.79 Å². The summed E-state index contributed by atoms with van der Waals surface area (Å²) >= 11 is 5.94. The lowest BCUT2D eigenvalue weighted by Crippen LogP contribution is -2.45. The molecule has 2 aromatic carbocycles. The van der Waals surface area contributed by atoms with Crippen molar-refractivity contribution in [3.63, 3.8) is 0 Å². The Bertz CT molecular complexity index is 773. The monoisotopic (exact) mass is 373 g/mol. The van der Waals surface area contributed by atoms with E-state index in [-0.39, 0.29) is 24.2 Å². The van der Waals surface area contributed by atoms with E-state index in [1.54, 1.807) is 24.3 Å². The molecule has 0 saturated carbocycles. The van der Waals surface area contributed by atoms with Gasteiger partial charge in [-0.2, -0.15) is 0 Å². The van der Waals surface area contributed by atoms with Crippen LogP contribution < -0.4 is 14.8 Å². The van der Waals surface area contributed by atoms with Crippen molar-refractivity contribution in [1.29, 1.82) is 0 Å². The third kappa shape index (κ3) is 4.13. The van der Waals surface area contributed by atoms with Crippen LogP contribution in [0.25, 0.3) is 0 Å². The van der Waals surface area contributed by atoms with E-state index in [0.717, 1.165) is 30.6 Å². The minimum atomic E-state index is -0.250. The summed E-state index contributed by atoms with van der Waals surface area (Å²) in [6.45, 7) is 4.20. The zero-order valence-corrected chi connectivity index (χ0v) is 15.9. The van der Waals surface area contributed by atoms with Crippen molar-refractivity contribution in [3.8, 4) is 11.5 Å². The maximum atomic E-state index is 12.5. The Kier molecular flexibility index (Phi) is 5.72. The van der Waals surface area contributed by atoms with Crippen molar-refractivity contribution in [1.82, 2.24) is 5.32 Å². The van der Waals surface area contributed by atoms with Gasteiger partial charge in [0.1, 0.15) is 17.1 Å². The van der Waals surface area contributed by atoms with E-state index in [0.29, 0.717) is 10.8 Å². The molecule has 138 valence electrons. The Morgan fingerprint density at radius 3 is 2.73 bits per heavy atom. The topological polar surface area (TPSA) is 47.6 Å². The van der Waals surface area contributed by atoms with Gasteiger partial charge in [-0.3, -0.25) is 4.79 Å². The van der Waals surface area contributed by atoms with E-state index >= 15 is 0 Å². The second-order valence-corrected chi connectivity index (χ2v) is 7.04. The van der Waals surface area contributed by atoms with Crippen LogP contribution in [-0.4, -0.2) is 18.1 Å². The van der Waals surface area contributed by atoms with Crippen LogP contribution in [0.2, 0.25) is 5.02 Å². The van der Waals surface area contributed by atoms with Crippen molar-refractivity contribution in [2.75, 3.05) is 6.61 Å². The summed E-state index contributed by atoms with van der Waals surface area (Å²) in [6.07, 6.45) is 2.53. The number of para-hydroxylation sites is 1. The molecule has 0 saturated heterocycles. The van der Waals surface area contributed by atoms with Gasteiger partial charge in [0.2, 0.25) is 0 Å². The molecule has 0 bridgehead atoms. The van der Waals surface area contributed by atoms with Crippen molar-refractivity contribution >= 4 is 17.5 Å². The summed E-state index contributed by atoms with van der Waals surface area (Å²) in [4.78, 5) is 12.5. The zero-order valence-electron chi connectivity index (χ0n) is 15.1. The van der Waals surface area contributed by atoms with E-state index < -0.39 is 0 Å². The van der Waals surface area contributed by atoms with Crippen LogP contribution in [0.4, 0.5) is 0 Å². The van der Waals surface area contributed by atoms with Gasteiger partial charge in [-0.05, 0) is 37.1 Å². The maximum Gasteiger partial charge on any atom is 0.258 e. The fourth-order valence-electron chi connectivity index (χ4n) is 3.37. The number of rotatable bonds is 6. The predicted molar refractivity (Wildman–Crippen MR) is 103 cm³/mol. The number of halogens is 1. The Labute approximate surface area is 159 Å². The van der Waals surface area contributed by atoms with E-state index in [1.807, 2.05) is 24.3 Å². The summed E-state index contributed by atoms with van der Waals surface area (Å²) in [6, 6.07) is 14.8. The number of hydrogen-bond donors (Lipinski definition) is 1. The molecule has 1 heterocycles. The van der Waals surface area contributed by atoms with Gasteiger partial charge in [-0.25, -0.2) is 0 Å². The Hall–Kier alpha value is -2.20. The van der Waals surface area contributed by atoms with Crippen LogP contribution in [0.1, 0.15) is 44.7 Å². The fourth-order valence-corrected chi connectivity index (χ4v) is 3.55. The summed E-state index contributed by atoms with van der Waals surface area (Å²) in [5, 5.41) is 3.69. The molecule has 1 N–H and O–H groups in total. The summed E-state index contributed by atoms with van der Waals surface area (Å²) in [7, 11) is 0. The zero-order chi connectivity index (χ0) is 18.6. The first-order chi connectivity index (χ1) is 12.5. The molecule has 1 aliphatic rings. The molecule has 0 fully saturated rings. The Morgan fingerprint density at radius 1 is 1.23 bits per heavy atom. The smallest absolute Gasteiger partial charge is 0.258 e. The Morgan fingerprint density at radius 2 is 2.00 bits per heavy atom. The molecule has 2 aromatic rings. The van der Waals surface area contributed by atoms with E-state index in [2.05, 4.69) is 19.2 Å². The molecule has 5 heteroatoms. The van der Waals surface area contributed by atoms with Gasteiger partial charge < -0.3 is 14.8 Å². The van der Waals surface area contributed by atoms with Crippen LogP contribution in [0.15, 0.2) is 48.5 Å². The second-order valence-electron chi connectivity index (χ2n) is 6.60. The molecule has 4 nitrogen and oxygen atoms in total. The number of carbonyl (C=O) groups is 1. The SMILES string of the molecule is CCC1(CC)C[C@H](NC(=O)COc2cccc(Cl)c2)c2ccccc2O1.